The number of nitrogens with two attached hydrogens (primary N) is 1. The lowest BCUT2D eigenvalue weighted by molar-refractivity contribution is -0.643. The minimum absolute atomic E-state index is 0.775. The summed E-state index contributed by atoms with van der Waals surface area (Å²) >= 11 is 3.38. The number of rotatable bonds is 0. The van der Waals surface area contributed by atoms with Gasteiger partial charge < -0.3 is 5.73 Å². The van der Waals surface area contributed by atoms with Gasteiger partial charge in [0.1, 0.15) is 24.3 Å². The minimum Gasteiger partial charge on any atom is -0.392 e. The van der Waals surface area contributed by atoms with Crippen molar-refractivity contribution >= 4 is 27.3 Å². The zero-order valence-electron chi connectivity index (χ0n) is 6.66. The van der Waals surface area contributed by atoms with Crippen LogP contribution in [0.1, 0.15) is 0 Å². The zero-order chi connectivity index (χ0) is 8.72. The van der Waals surface area contributed by atoms with Gasteiger partial charge in [-0.1, -0.05) is 0 Å². The molecule has 0 aliphatic rings. The lowest BCUT2D eigenvalue weighted by Gasteiger charge is -1.94. The van der Waals surface area contributed by atoms with Crippen molar-refractivity contribution in [3.05, 3.63) is 29.1 Å². The molecule has 0 spiro atoms. The first-order chi connectivity index (χ1) is 5.68. The van der Waals surface area contributed by atoms with E-state index in [0.29, 0.717) is 0 Å². The first kappa shape index (κ1) is 7.61. The monoisotopic (exact) mass is 226 g/mol. The van der Waals surface area contributed by atoms with Crippen LogP contribution in [0.25, 0.3) is 5.65 Å². The molecule has 0 radical (unpaired) electrons. The number of aryl methyl sites for hydroxylation is 1. The number of aromatic nitrogens is 2. The summed E-state index contributed by atoms with van der Waals surface area (Å²) in [7, 11) is 1.97. The molecule has 0 aliphatic carbocycles. The maximum absolute atomic E-state index is 5.83. The Balaban J connectivity index is 2.93. The van der Waals surface area contributed by atoms with E-state index in [9.17, 15) is 0 Å². The Morgan fingerprint density at radius 2 is 2.33 bits per heavy atom. The molecule has 3 nitrogen and oxygen atoms in total. The summed E-state index contributed by atoms with van der Waals surface area (Å²) in [5, 5.41) is 0. The fourth-order valence-electron chi connectivity index (χ4n) is 1.34. The Hall–Kier alpha value is -1.03. The van der Waals surface area contributed by atoms with E-state index in [4.69, 9.17) is 5.73 Å². The van der Waals surface area contributed by atoms with Gasteiger partial charge in [0, 0.05) is 0 Å². The van der Waals surface area contributed by atoms with E-state index in [1.54, 1.807) is 0 Å². The van der Waals surface area contributed by atoms with Crippen LogP contribution in [0.4, 0.5) is 5.69 Å². The summed E-state index contributed by atoms with van der Waals surface area (Å²) in [5.74, 6) is 0. The number of hydrogen-bond acceptors (Lipinski definition) is 1. The number of pyridine rings is 1. The van der Waals surface area contributed by atoms with Crippen LogP contribution in [-0.4, -0.2) is 4.40 Å². The molecule has 2 aromatic heterocycles. The first-order valence-corrected chi connectivity index (χ1v) is 4.39. The number of hydrogen-bond donors (Lipinski definition) is 1. The lowest BCUT2D eigenvalue weighted by atomic mass is 10.4. The van der Waals surface area contributed by atoms with Crippen LogP contribution in [0, 0.1) is 0 Å². The van der Waals surface area contributed by atoms with Crippen molar-refractivity contribution in [2.45, 2.75) is 0 Å². The molecule has 2 aromatic rings. The number of imidazole rings is 1. The van der Waals surface area contributed by atoms with E-state index in [0.717, 1.165) is 15.8 Å². The fraction of sp³-hybridized carbons (Fsp3) is 0.125. The van der Waals surface area contributed by atoms with E-state index < -0.39 is 0 Å². The molecule has 0 amide bonds. The number of fused-ring (bicyclic) bond motifs is 1. The third-order valence-corrected chi connectivity index (χ3v) is 2.28. The maximum atomic E-state index is 5.83. The van der Waals surface area contributed by atoms with Crippen LogP contribution in [0.15, 0.2) is 29.1 Å². The zero-order valence-corrected chi connectivity index (χ0v) is 8.25. The second kappa shape index (κ2) is 2.48. The summed E-state index contributed by atoms with van der Waals surface area (Å²) in [5.41, 5.74) is 7.62. The molecule has 0 aliphatic heterocycles. The SMILES string of the molecule is C[n+]1ccn2cc(Br)cc(N)c21. The van der Waals surface area contributed by atoms with Gasteiger partial charge in [-0.2, -0.15) is 4.40 Å². The van der Waals surface area contributed by atoms with E-state index >= 15 is 0 Å². The van der Waals surface area contributed by atoms with Crippen molar-refractivity contribution in [2.75, 3.05) is 5.73 Å². The summed E-state index contributed by atoms with van der Waals surface area (Å²) < 4.78 is 4.96. The Labute approximate surface area is 78.6 Å². The van der Waals surface area contributed by atoms with E-state index in [2.05, 4.69) is 15.9 Å². The molecule has 2 N–H and O–H groups in total. The summed E-state index contributed by atoms with van der Waals surface area (Å²) in [6.45, 7) is 0. The van der Waals surface area contributed by atoms with Crippen LogP contribution < -0.4 is 10.3 Å². The Morgan fingerprint density at radius 3 is 3.08 bits per heavy atom. The van der Waals surface area contributed by atoms with E-state index in [-0.39, 0.29) is 0 Å². The normalized spacial score (nSPS) is 10.8. The summed E-state index contributed by atoms with van der Waals surface area (Å²) in [6, 6.07) is 1.90. The molecule has 0 unspecified atom stereocenters. The van der Waals surface area contributed by atoms with Crippen LogP contribution in [0.5, 0.6) is 0 Å². The van der Waals surface area contributed by atoms with Crippen molar-refractivity contribution in [3.63, 3.8) is 0 Å². The quantitative estimate of drug-likeness (QED) is 0.672. The van der Waals surface area contributed by atoms with Gasteiger partial charge in [-0.3, -0.25) is 0 Å². The number of halogens is 1. The van der Waals surface area contributed by atoms with E-state index in [1.165, 1.54) is 0 Å². The van der Waals surface area contributed by atoms with Crippen molar-refractivity contribution in [1.82, 2.24) is 4.40 Å². The van der Waals surface area contributed by atoms with Crippen molar-refractivity contribution < 1.29 is 4.57 Å². The third-order valence-electron chi connectivity index (χ3n) is 1.84. The highest BCUT2D eigenvalue weighted by Crippen LogP contribution is 2.16. The van der Waals surface area contributed by atoms with Crippen molar-refractivity contribution in [2.24, 2.45) is 7.05 Å². The number of nitrogens with zero attached hydrogens (tertiary/aromatic N) is 2. The van der Waals surface area contributed by atoms with Gasteiger partial charge in [-0.25, -0.2) is 4.57 Å². The topological polar surface area (TPSA) is 34.3 Å². The third kappa shape index (κ3) is 0.992. The standard InChI is InChI=1S/C8H9BrN3/c1-11-2-3-12-5-6(9)4-7(10)8(11)12/h2-5H,10H2,1H3/q+1. The van der Waals surface area contributed by atoms with Gasteiger partial charge in [0.25, 0.3) is 0 Å². The first-order valence-electron chi connectivity index (χ1n) is 3.60. The molecule has 0 saturated carbocycles. The Kier molecular flexibility index (Phi) is 1.58. The minimum atomic E-state index is 0.775. The van der Waals surface area contributed by atoms with Crippen molar-refractivity contribution in [3.8, 4) is 0 Å². The molecule has 4 heteroatoms. The average Bonchev–Trinajstić information content (AvgIpc) is 2.31. The second-order valence-corrected chi connectivity index (χ2v) is 3.67. The second-order valence-electron chi connectivity index (χ2n) is 2.75. The largest absolute Gasteiger partial charge is 0.392 e. The van der Waals surface area contributed by atoms with Gasteiger partial charge in [-0.05, 0) is 22.0 Å². The predicted octanol–water partition coefficient (Wildman–Crippen LogP) is 1.11. The molecule has 62 valence electrons. The molecular formula is C8H9BrN3+. The Bertz CT molecular complexity index is 433. The maximum Gasteiger partial charge on any atom is 0.309 e. The van der Waals surface area contributed by atoms with Gasteiger partial charge >= 0.3 is 5.65 Å². The summed E-state index contributed by atoms with van der Waals surface area (Å²) in [4.78, 5) is 0. The number of anilines is 1. The highest BCUT2D eigenvalue weighted by Gasteiger charge is 2.10. The molecule has 2 rings (SSSR count). The molecule has 12 heavy (non-hydrogen) atoms. The molecule has 0 aromatic carbocycles. The van der Waals surface area contributed by atoms with Gasteiger partial charge in [0.2, 0.25) is 0 Å². The number of nitrogen functional groups attached to an aromatic ring is 1. The average molecular weight is 227 g/mol. The Morgan fingerprint density at radius 1 is 1.58 bits per heavy atom. The van der Waals surface area contributed by atoms with E-state index in [1.807, 2.05) is 40.7 Å². The molecule has 0 bridgehead atoms. The predicted molar refractivity (Wildman–Crippen MR) is 50.7 cm³/mol. The highest BCUT2D eigenvalue weighted by atomic mass is 79.9. The smallest absolute Gasteiger partial charge is 0.309 e. The van der Waals surface area contributed by atoms with Gasteiger partial charge in [0.15, 0.2) is 0 Å². The van der Waals surface area contributed by atoms with Crippen molar-refractivity contribution in [1.29, 1.82) is 0 Å². The molecule has 0 fully saturated rings. The molecular weight excluding hydrogens is 218 g/mol. The van der Waals surface area contributed by atoms with Gasteiger partial charge in [0.05, 0.1) is 11.5 Å². The summed E-state index contributed by atoms with van der Waals surface area (Å²) in [6.07, 6.45) is 5.92. The van der Waals surface area contributed by atoms with Crippen LogP contribution in [0.3, 0.4) is 0 Å². The molecule has 0 atom stereocenters. The highest BCUT2D eigenvalue weighted by molar-refractivity contribution is 9.10. The van der Waals surface area contributed by atoms with Crippen LogP contribution >= 0.6 is 15.9 Å². The molecule has 2 heterocycles. The molecule has 0 saturated heterocycles. The van der Waals surface area contributed by atoms with Crippen LogP contribution in [0.2, 0.25) is 0 Å². The van der Waals surface area contributed by atoms with Crippen LogP contribution in [-0.2, 0) is 7.05 Å². The van der Waals surface area contributed by atoms with Gasteiger partial charge in [-0.15, -0.1) is 0 Å². The fourth-order valence-corrected chi connectivity index (χ4v) is 1.80. The lowest BCUT2D eigenvalue weighted by Crippen LogP contribution is -2.26.